The highest BCUT2D eigenvalue weighted by atomic mass is 19.1. The highest BCUT2D eigenvalue weighted by Gasteiger charge is 2.30. The van der Waals surface area contributed by atoms with Crippen LogP contribution in [0, 0.1) is 5.82 Å². The smallest absolute Gasteiger partial charge is 0.255 e. The lowest BCUT2D eigenvalue weighted by atomic mass is 9.85. The van der Waals surface area contributed by atoms with Crippen LogP contribution in [-0.4, -0.2) is 37.7 Å². The third-order valence-corrected chi connectivity index (χ3v) is 6.54. The van der Waals surface area contributed by atoms with Gasteiger partial charge in [-0.25, -0.2) is 9.37 Å². The van der Waals surface area contributed by atoms with E-state index in [0.29, 0.717) is 19.5 Å². The van der Waals surface area contributed by atoms with E-state index in [1.807, 2.05) is 29.2 Å². The van der Waals surface area contributed by atoms with Crippen LogP contribution in [0.15, 0.2) is 48.5 Å². The van der Waals surface area contributed by atoms with Crippen molar-refractivity contribution in [2.24, 2.45) is 0 Å². The highest BCUT2D eigenvalue weighted by Crippen LogP contribution is 2.37. The van der Waals surface area contributed by atoms with Crippen LogP contribution >= 0.6 is 0 Å². The van der Waals surface area contributed by atoms with E-state index in [1.165, 1.54) is 12.1 Å². The number of halogens is 1. The van der Waals surface area contributed by atoms with Crippen molar-refractivity contribution in [1.29, 1.82) is 0 Å². The molecule has 164 valence electrons. The molecule has 0 unspecified atom stereocenters. The lowest BCUT2D eigenvalue weighted by Gasteiger charge is -2.29. The third kappa shape index (κ3) is 3.50. The van der Waals surface area contributed by atoms with E-state index < -0.39 is 0 Å². The van der Waals surface area contributed by atoms with Gasteiger partial charge in [0, 0.05) is 18.4 Å². The Morgan fingerprint density at radius 2 is 1.82 bits per heavy atom. The number of aromatic nitrogens is 4. The molecule has 2 aromatic carbocycles. The molecule has 1 N–H and O–H groups in total. The molecule has 6 nitrogen and oxygen atoms in total. The Bertz CT molecular complexity index is 1410. The lowest BCUT2D eigenvalue weighted by Crippen LogP contribution is -2.37. The summed E-state index contributed by atoms with van der Waals surface area (Å²) in [6.45, 7) is 1.07. The predicted molar refractivity (Wildman–Crippen MR) is 124 cm³/mol. The Morgan fingerprint density at radius 3 is 2.70 bits per heavy atom. The van der Waals surface area contributed by atoms with Crippen molar-refractivity contribution in [1.82, 2.24) is 25.3 Å². The van der Waals surface area contributed by atoms with Crippen LogP contribution in [0.2, 0.25) is 0 Å². The van der Waals surface area contributed by atoms with Crippen LogP contribution in [0.5, 0.6) is 0 Å². The second-order valence-corrected chi connectivity index (χ2v) is 8.60. The Labute approximate surface area is 190 Å². The van der Waals surface area contributed by atoms with Gasteiger partial charge in [0.15, 0.2) is 0 Å². The first kappa shape index (κ1) is 19.8. The second kappa shape index (κ2) is 7.92. The van der Waals surface area contributed by atoms with Gasteiger partial charge in [-0.05, 0) is 60.2 Å². The molecule has 4 aromatic rings. The molecule has 33 heavy (non-hydrogen) atoms. The summed E-state index contributed by atoms with van der Waals surface area (Å²) in [5, 5.41) is 12.0. The van der Waals surface area contributed by atoms with Crippen molar-refractivity contribution >= 4 is 28.5 Å². The summed E-state index contributed by atoms with van der Waals surface area (Å²) in [4.78, 5) is 20.8. The van der Waals surface area contributed by atoms with Crippen molar-refractivity contribution in [3.05, 3.63) is 88.1 Å². The SMILES string of the molecule is O=C(c1c2c(nc3ccccc13)/C(=C\c1ccc(F)cc1)CCC2)N1CCc2n[nH]nc2C1. The molecule has 7 heteroatoms. The monoisotopic (exact) mass is 439 g/mol. The molecule has 0 radical (unpaired) electrons. The molecule has 1 aliphatic carbocycles. The van der Waals surface area contributed by atoms with Gasteiger partial charge in [-0.2, -0.15) is 15.4 Å². The number of nitrogens with one attached hydrogen (secondary N) is 1. The molecule has 2 aliphatic rings. The average Bonchev–Trinajstić information content (AvgIpc) is 3.32. The number of H-pyrrole nitrogens is 1. The number of amides is 1. The van der Waals surface area contributed by atoms with E-state index in [-0.39, 0.29) is 11.7 Å². The van der Waals surface area contributed by atoms with Gasteiger partial charge in [-0.1, -0.05) is 30.3 Å². The third-order valence-electron chi connectivity index (χ3n) is 6.54. The Morgan fingerprint density at radius 1 is 1.00 bits per heavy atom. The van der Waals surface area contributed by atoms with Crippen molar-refractivity contribution in [3.63, 3.8) is 0 Å². The molecule has 3 heterocycles. The van der Waals surface area contributed by atoms with Crippen LogP contribution in [0.3, 0.4) is 0 Å². The number of nitrogens with zero attached hydrogens (tertiary/aromatic N) is 4. The summed E-state index contributed by atoms with van der Waals surface area (Å²) in [7, 11) is 0. The fourth-order valence-corrected chi connectivity index (χ4v) is 4.91. The molecule has 0 fully saturated rings. The van der Waals surface area contributed by atoms with E-state index in [0.717, 1.165) is 69.5 Å². The number of carbonyl (C=O) groups is 1. The molecule has 1 amide bonds. The van der Waals surface area contributed by atoms with Crippen LogP contribution < -0.4 is 0 Å². The summed E-state index contributed by atoms with van der Waals surface area (Å²) < 4.78 is 13.4. The predicted octanol–water partition coefficient (Wildman–Crippen LogP) is 4.57. The molecule has 0 spiro atoms. The van der Waals surface area contributed by atoms with Crippen molar-refractivity contribution in [2.45, 2.75) is 32.2 Å². The number of rotatable bonds is 2. The minimum absolute atomic E-state index is 0.0153. The molecular weight excluding hydrogens is 417 g/mol. The van der Waals surface area contributed by atoms with Gasteiger partial charge in [0.2, 0.25) is 0 Å². The van der Waals surface area contributed by atoms with E-state index in [1.54, 1.807) is 12.1 Å². The van der Waals surface area contributed by atoms with Crippen molar-refractivity contribution in [3.8, 4) is 0 Å². The van der Waals surface area contributed by atoms with Gasteiger partial charge in [0.05, 0.1) is 29.0 Å². The van der Waals surface area contributed by atoms with Crippen LogP contribution in [0.1, 0.15) is 51.4 Å². The summed E-state index contributed by atoms with van der Waals surface area (Å²) >= 11 is 0. The minimum atomic E-state index is -0.255. The normalized spacial score (nSPS) is 16.6. The van der Waals surface area contributed by atoms with Crippen LogP contribution in [0.4, 0.5) is 4.39 Å². The standard InChI is InChI=1S/C26H22FN5O/c27-18-10-8-16(9-11-18)14-17-4-3-6-20-24(19-5-1-2-7-21(19)28-25(17)20)26(33)32-13-12-22-23(15-32)30-31-29-22/h1-2,5,7-11,14H,3-4,6,12-13,15H2,(H,29,30,31)/b17-14-. The van der Waals surface area contributed by atoms with E-state index in [2.05, 4.69) is 21.5 Å². The first-order valence-corrected chi connectivity index (χ1v) is 11.2. The van der Waals surface area contributed by atoms with Crippen molar-refractivity contribution < 1.29 is 9.18 Å². The second-order valence-electron chi connectivity index (χ2n) is 8.60. The molecule has 0 atom stereocenters. The summed E-state index contributed by atoms with van der Waals surface area (Å²) in [6.07, 6.45) is 5.37. The first-order chi connectivity index (χ1) is 16.2. The number of fused-ring (bicyclic) bond motifs is 3. The average molecular weight is 439 g/mol. The summed E-state index contributed by atoms with van der Waals surface area (Å²) in [6, 6.07) is 14.3. The summed E-state index contributed by atoms with van der Waals surface area (Å²) in [5.74, 6) is -0.239. The maximum absolute atomic E-state index is 13.9. The van der Waals surface area contributed by atoms with Gasteiger partial charge in [0.1, 0.15) is 11.5 Å². The largest absolute Gasteiger partial charge is 0.332 e. The topological polar surface area (TPSA) is 74.8 Å². The molecular formula is C26H22FN5O. The zero-order valence-electron chi connectivity index (χ0n) is 18.0. The zero-order chi connectivity index (χ0) is 22.4. The molecule has 6 rings (SSSR count). The number of hydrogen-bond donors (Lipinski definition) is 1. The van der Waals surface area contributed by atoms with E-state index in [9.17, 15) is 9.18 Å². The maximum atomic E-state index is 13.9. The Kier molecular flexibility index (Phi) is 4.75. The fourth-order valence-electron chi connectivity index (χ4n) is 4.91. The fraction of sp³-hybridized carbons (Fsp3) is 0.231. The van der Waals surface area contributed by atoms with Gasteiger partial charge in [-0.15, -0.1) is 0 Å². The number of aromatic amines is 1. The number of hydrogen-bond acceptors (Lipinski definition) is 4. The quantitative estimate of drug-likeness (QED) is 0.497. The zero-order valence-corrected chi connectivity index (χ0v) is 18.0. The first-order valence-electron chi connectivity index (χ1n) is 11.2. The lowest BCUT2D eigenvalue weighted by molar-refractivity contribution is 0.0732. The number of carbonyl (C=O) groups excluding carboxylic acids is 1. The molecule has 0 saturated heterocycles. The van der Waals surface area contributed by atoms with Gasteiger partial charge < -0.3 is 4.90 Å². The van der Waals surface area contributed by atoms with E-state index in [4.69, 9.17) is 4.98 Å². The Balaban J connectivity index is 1.48. The molecule has 0 bridgehead atoms. The summed E-state index contributed by atoms with van der Waals surface area (Å²) in [5.41, 5.74) is 7.22. The minimum Gasteiger partial charge on any atom is -0.332 e. The van der Waals surface area contributed by atoms with Crippen molar-refractivity contribution in [2.75, 3.05) is 6.54 Å². The number of para-hydroxylation sites is 1. The number of pyridine rings is 1. The van der Waals surface area contributed by atoms with Gasteiger partial charge in [0.25, 0.3) is 5.91 Å². The number of allylic oxidation sites excluding steroid dienone is 1. The molecule has 0 saturated carbocycles. The Hall–Kier alpha value is -3.87. The number of benzene rings is 2. The van der Waals surface area contributed by atoms with Gasteiger partial charge >= 0.3 is 0 Å². The van der Waals surface area contributed by atoms with E-state index >= 15 is 0 Å². The van der Waals surface area contributed by atoms with Crippen LogP contribution in [-0.2, 0) is 19.4 Å². The molecule has 2 aromatic heterocycles. The van der Waals surface area contributed by atoms with Gasteiger partial charge in [-0.3, -0.25) is 4.79 Å². The van der Waals surface area contributed by atoms with Crippen LogP contribution in [0.25, 0.3) is 22.6 Å². The maximum Gasteiger partial charge on any atom is 0.255 e. The highest BCUT2D eigenvalue weighted by molar-refractivity contribution is 6.09. The molecule has 1 aliphatic heterocycles.